The third kappa shape index (κ3) is 4.90. The molecule has 0 heterocycles. The summed E-state index contributed by atoms with van der Waals surface area (Å²) in [6.45, 7) is 3.26. The number of benzene rings is 2. The fraction of sp³-hybridized carbons (Fsp3) is 0.278. The summed E-state index contributed by atoms with van der Waals surface area (Å²) in [5.41, 5.74) is 2.28. The topological polar surface area (TPSA) is 54.9 Å². The number of hydrogen-bond donors (Lipinski definition) is 2. The van der Waals surface area contributed by atoms with E-state index in [0.717, 1.165) is 17.9 Å². The van der Waals surface area contributed by atoms with Crippen molar-refractivity contribution in [2.75, 3.05) is 7.11 Å². The molecule has 0 saturated heterocycles. The molecule has 1 amide bonds. The Morgan fingerprint density at radius 2 is 1.77 bits per heavy atom. The summed E-state index contributed by atoms with van der Waals surface area (Å²) >= 11 is 0. The van der Waals surface area contributed by atoms with Crippen molar-refractivity contribution in [2.24, 2.45) is 0 Å². The number of nitrogens with two attached hydrogens (primary N) is 1. The summed E-state index contributed by atoms with van der Waals surface area (Å²) in [5, 5.41) is 5.00. The zero-order valence-electron chi connectivity index (χ0n) is 13.1. The van der Waals surface area contributed by atoms with Gasteiger partial charge in [-0.15, -0.1) is 0 Å². The molecular weight excluding hydrogens is 276 g/mol. The first kappa shape index (κ1) is 16.0. The lowest BCUT2D eigenvalue weighted by Gasteiger charge is -2.11. The molecule has 0 bridgehead atoms. The van der Waals surface area contributed by atoms with E-state index in [0.29, 0.717) is 6.54 Å². The van der Waals surface area contributed by atoms with Crippen molar-refractivity contribution in [3.8, 4) is 5.75 Å². The van der Waals surface area contributed by atoms with E-state index in [4.69, 9.17) is 4.74 Å². The van der Waals surface area contributed by atoms with Gasteiger partial charge in [-0.1, -0.05) is 42.5 Å². The van der Waals surface area contributed by atoms with Crippen LogP contribution in [0.4, 0.5) is 0 Å². The van der Waals surface area contributed by atoms with Crippen molar-refractivity contribution >= 4 is 5.91 Å². The van der Waals surface area contributed by atoms with Crippen LogP contribution in [0.1, 0.15) is 18.1 Å². The maximum Gasteiger partial charge on any atom is 0.278 e. The summed E-state index contributed by atoms with van der Waals surface area (Å²) in [5.74, 6) is 0.867. The fourth-order valence-corrected chi connectivity index (χ4v) is 2.13. The van der Waals surface area contributed by atoms with E-state index in [1.54, 1.807) is 7.11 Å². The molecule has 0 spiro atoms. The molecule has 0 aliphatic rings. The quantitative estimate of drug-likeness (QED) is 0.813. The molecule has 1 atom stereocenters. The second-order valence-electron chi connectivity index (χ2n) is 5.28. The summed E-state index contributed by atoms with van der Waals surface area (Å²) in [4.78, 5) is 12.1. The summed E-state index contributed by atoms with van der Waals surface area (Å²) in [7, 11) is 1.64. The van der Waals surface area contributed by atoms with Crippen LogP contribution < -0.4 is 15.4 Å². The minimum atomic E-state index is -0.113. The van der Waals surface area contributed by atoms with E-state index in [-0.39, 0.29) is 11.9 Å². The van der Waals surface area contributed by atoms with Gasteiger partial charge in [0.15, 0.2) is 6.04 Å². The number of ether oxygens (including phenoxy) is 1. The van der Waals surface area contributed by atoms with E-state index in [9.17, 15) is 4.79 Å². The van der Waals surface area contributed by atoms with Crippen molar-refractivity contribution in [3.05, 3.63) is 65.7 Å². The highest BCUT2D eigenvalue weighted by Gasteiger charge is 2.15. The van der Waals surface area contributed by atoms with Gasteiger partial charge in [0.1, 0.15) is 12.3 Å². The Kier molecular flexibility index (Phi) is 5.98. The van der Waals surface area contributed by atoms with Crippen LogP contribution in [0.3, 0.4) is 0 Å². The second-order valence-corrected chi connectivity index (χ2v) is 5.28. The molecule has 4 nitrogen and oxygen atoms in total. The first-order chi connectivity index (χ1) is 10.7. The molecule has 3 N–H and O–H groups in total. The molecule has 2 rings (SSSR count). The van der Waals surface area contributed by atoms with Gasteiger partial charge in [-0.05, 0) is 24.6 Å². The molecule has 0 aromatic heterocycles. The first-order valence-corrected chi connectivity index (χ1v) is 7.47. The maximum atomic E-state index is 12.1. The number of amides is 1. The molecule has 22 heavy (non-hydrogen) atoms. The molecule has 0 fully saturated rings. The highest BCUT2D eigenvalue weighted by molar-refractivity contribution is 5.79. The Morgan fingerprint density at radius 3 is 2.41 bits per heavy atom. The molecule has 4 heteroatoms. The van der Waals surface area contributed by atoms with Gasteiger partial charge in [-0.25, -0.2) is 0 Å². The Hall–Kier alpha value is -2.33. The number of carbonyl (C=O) groups excluding carboxylic acids is 1. The van der Waals surface area contributed by atoms with Crippen LogP contribution in [-0.2, 0) is 17.9 Å². The normalized spacial score (nSPS) is 11.7. The van der Waals surface area contributed by atoms with Crippen molar-refractivity contribution < 1.29 is 14.8 Å². The monoisotopic (exact) mass is 299 g/mol. The van der Waals surface area contributed by atoms with Gasteiger partial charge in [0, 0.05) is 12.1 Å². The summed E-state index contributed by atoms with van der Waals surface area (Å²) in [6.07, 6.45) is 0. The van der Waals surface area contributed by atoms with Gasteiger partial charge in [0.2, 0.25) is 0 Å². The lowest BCUT2D eigenvalue weighted by molar-refractivity contribution is -0.689. The molecule has 0 aliphatic heterocycles. The SMILES string of the molecule is COc1ccc(CNC(=O)[C@H](C)[NH2+]Cc2ccccc2)cc1. The van der Waals surface area contributed by atoms with Gasteiger partial charge >= 0.3 is 0 Å². The van der Waals surface area contributed by atoms with Crippen LogP contribution in [0.2, 0.25) is 0 Å². The molecule has 0 saturated carbocycles. The summed E-state index contributed by atoms with van der Waals surface area (Å²) < 4.78 is 5.11. The standard InChI is InChI=1S/C18H22N2O2/c1-14(19-12-15-6-4-3-5-7-15)18(21)20-13-16-8-10-17(22-2)11-9-16/h3-11,14,19H,12-13H2,1-2H3,(H,20,21)/p+1/t14-/m0/s1. The van der Waals surface area contributed by atoms with Crippen LogP contribution in [0, 0.1) is 0 Å². The Balaban J connectivity index is 1.76. The first-order valence-electron chi connectivity index (χ1n) is 7.47. The predicted octanol–water partition coefficient (Wildman–Crippen LogP) is 1.46. The van der Waals surface area contributed by atoms with Crippen LogP contribution >= 0.6 is 0 Å². The van der Waals surface area contributed by atoms with Crippen molar-refractivity contribution in [2.45, 2.75) is 26.1 Å². The second kappa shape index (κ2) is 8.20. The smallest absolute Gasteiger partial charge is 0.278 e. The Bertz CT molecular complexity index is 582. The van der Waals surface area contributed by atoms with Gasteiger partial charge in [-0.3, -0.25) is 4.79 Å². The minimum Gasteiger partial charge on any atom is -0.497 e. The van der Waals surface area contributed by atoms with Crippen LogP contribution in [0.25, 0.3) is 0 Å². The molecule has 2 aromatic carbocycles. The predicted molar refractivity (Wildman–Crippen MR) is 86.4 cm³/mol. The van der Waals surface area contributed by atoms with Crippen molar-refractivity contribution in [1.29, 1.82) is 0 Å². The van der Waals surface area contributed by atoms with E-state index >= 15 is 0 Å². The molecule has 2 aromatic rings. The molecular formula is C18H23N2O2+. The van der Waals surface area contributed by atoms with E-state index in [2.05, 4.69) is 17.4 Å². The van der Waals surface area contributed by atoms with Gasteiger partial charge in [-0.2, -0.15) is 0 Å². The average Bonchev–Trinajstić information content (AvgIpc) is 2.58. The molecule has 0 radical (unpaired) electrons. The number of carbonyl (C=O) groups is 1. The number of quaternary nitrogens is 1. The number of nitrogens with one attached hydrogen (secondary N) is 1. The highest BCUT2D eigenvalue weighted by atomic mass is 16.5. The Labute approximate surface area is 131 Å². The fourth-order valence-electron chi connectivity index (χ4n) is 2.13. The van der Waals surface area contributed by atoms with E-state index in [1.807, 2.05) is 54.7 Å². The molecule has 116 valence electrons. The molecule has 0 aliphatic carbocycles. The minimum absolute atomic E-state index is 0.0479. The third-order valence-electron chi connectivity index (χ3n) is 3.59. The third-order valence-corrected chi connectivity index (χ3v) is 3.59. The van der Waals surface area contributed by atoms with E-state index in [1.165, 1.54) is 5.56 Å². The number of rotatable bonds is 7. The van der Waals surface area contributed by atoms with Crippen LogP contribution in [0.5, 0.6) is 5.75 Å². The van der Waals surface area contributed by atoms with Gasteiger partial charge in [0.05, 0.1) is 7.11 Å². The van der Waals surface area contributed by atoms with E-state index < -0.39 is 0 Å². The van der Waals surface area contributed by atoms with Crippen molar-refractivity contribution in [3.63, 3.8) is 0 Å². The summed E-state index contributed by atoms with van der Waals surface area (Å²) in [6, 6.07) is 17.7. The maximum absolute atomic E-state index is 12.1. The Morgan fingerprint density at radius 1 is 1.09 bits per heavy atom. The highest BCUT2D eigenvalue weighted by Crippen LogP contribution is 2.10. The number of hydrogen-bond acceptors (Lipinski definition) is 2. The largest absolute Gasteiger partial charge is 0.497 e. The number of methoxy groups -OCH3 is 1. The lowest BCUT2D eigenvalue weighted by atomic mass is 10.2. The van der Waals surface area contributed by atoms with Gasteiger partial charge < -0.3 is 15.4 Å². The van der Waals surface area contributed by atoms with Crippen LogP contribution in [0.15, 0.2) is 54.6 Å². The van der Waals surface area contributed by atoms with Crippen molar-refractivity contribution in [1.82, 2.24) is 5.32 Å². The average molecular weight is 299 g/mol. The van der Waals surface area contributed by atoms with Crippen LogP contribution in [-0.4, -0.2) is 19.1 Å². The zero-order valence-corrected chi connectivity index (χ0v) is 13.1. The van der Waals surface area contributed by atoms with Gasteiger partial charge in [0.25, 0.3) is 5.91 Å². The zero-order chi connectivity index (χ0) is 15.8. The lowest BCUT2D eigenvalue weighted by Crippen LogP contribution is -2.90. The molecule has 0 unspecified atom stereocenters.